The molecule has 0 spiro atoms. The maximum absolute atomic E-state index is 3.73. The lowest BCUT2D eigenvalue weighted by Crippen LogP contribution is -2.16. The molecular formula is C12H17N. The Morgan fingerprint density at radius 1 is 1.62 bits per heavy atom. The molecule has 70 valence electrons. The van der Waals surface area contributed by atoms with Crippen molar-refractivity contribution in [1.29, 1.82) is 0 Å². The Morgan fingerprint density at radius 3 is 3.08 bits per heavy atom. The van der Waals surface area contributed by atoms with Gasteiger partial charge in [-0.15, -0.1) is 6.58 Å². The summed E-state index contributed by atoms with van der Waals surface area (Å²) >= 11 is 0. The van der Waals surface area contributed by atoms with Crippen LogP contribution in [0.25, 0.3) is 0 Å². The van der Waals surface area contributed by atoms with E-state index >= 15 is 0 Å². The van der Waals surface area contributed by atoms with E-state index in [0.717, 1.165) is 13.0 Å². The molecule has 0 aromatic heterocycles. The summed E-state index contributed by atoms with van der Waals surface area (Å²) in [4.78, 5) is 2.20. The van der Waals surface area contributed by atoms with Gasteiger partial charge < -0.3 is 4.90 Å². The Labute approximate surface area is 80.7 Å². The molecule has 1 heteroatoms. The summed E-state index contributed by atoms with van der Waals surface area (Å²) in [7, 11) is 2.09. The summed E-state index contributed by atoms with van der Waals surface area (Å²) in [5, 5.41) is 0. The van der Waals surface area contributed by atoms with Gasteiger partial charge in [-0.3, -0.25) is 0 Å². The van der Waals surface area contributed by atoms with E-state index in [1.54, 1.807) is 0 Å². The zero-order valence-electron chi connectivity index (χ0n) is 8.46. The second kappa shape index (κ2) is 4.70. The lowest BCUT2D eigenvalue weighted by molar-refractivity contribution is 0.478. The van der Waals surface area contributed by atoms with Crippen LogP contribution in [0.5, 0.6) is 0 Å². The Bertz CT molecular complexity index is 269. The second-order valence-corrected chi connectivity index (χ2v) is 3.32. The monoisotopic (exact) mass is 175 g/mol. The van der Waals surface area contributed by atoms with Gasteiger partial charge in [0.05, 0.1) is 0 Å². The molecule has 1 nitrogen and oxygen atoms in total. The molecule has 0 aliphatic heterocycles. The number of hydrogen-bond donors (Lipinski definition) is 0. The van der Waals surface area contributed by atoms with E-state index in [2.05, 4.69) is 49.8 Å². The predicted octanol–water partition coefficient (Wildman–Crippen LogP) is 2.89. The standard InChI is InChI=1S/C12H17N/c1-4-9-13(3)12-8-6-5-7-11(2)10-12/h4-5,7-8,10H,1,6,9H2,2-3H3. The highest BCUT2D eigenvalue weighted by Crippen LogP contribution is 2.13. The lowest BCUT2D eigenvalue weighted by atomic mass is 10.2. The third-order valence-electron chi connectivity index (χ3n) is 2.06. The minimum absolute atomic E-state index is 0.898. The van der Waals surface area contributed by atoms with Crippen molar-refractivity contribution >= 4 is 0 Å². The molecule has 0 fully saturated rings. The van der Waals surface area contributed by atoms with Crippen LogP contribution in [0.4, 0.5) is 0 Å². The van der Waals surface area contributed by atoms with Gasteiger partial charge in [0, 0.05) is 19.3 Å². The summed E-state index contributed by atoms with van der Waals surface area (Å²) in [6.07, 6.45) is 11.7. The molecule has 0 radical (unpaired) electrons. The van der Waals surface area contributed by atoms with Crippen molar-refractivity contribution in [2.75, 3.05) is 13.6 Å². The van der Waals surface area contributed by atoms with Gasteiger partial charge in [0.1, 0.15) is 0 Å². The maximum Gasteiger partial charge on any atom is 0.0353 e. The van der Waals surface area contributed by atoms with E-state index in [-0.39, 0.29) is 0 Å². The Morgan fingerprint density at radius 2 is 2.38 bits per heavy atom. The first-order valence-corrected chi connectivity index (χ1v) is 4.61. The third kappa shape index (κ3) is 2.94. The molecule has 1 aliphatic carbocycles. The molecular weight excluding hydrogens is 158 g/mol. The van der Waals surface area contributed by atoms with Crippen LogP contribution in [0.15, 0.2) is 48.2 Å². The van der Waals surface area contributed by atoms with E-state index in [0.29, 0.717) is 0 Å². The summed E-state index contributed by atoms with van der Waals surface area (Å²) in [5.74, 6) is 0. The van der Waals surface area contributed by atoms with Gasteiger partial charge in [0.25, 0.3) is 0 Å². The van der Waals surface area contributed by atoms with Crippen molar-refractivity contribution in [3.63, 3.8) is 0 Å². The van der Waals surface area contributed by atoms with E-state index < -0.39 is 0 Å². The van der Waals surface area contributed by atoms with Crippen LogP contribution >= 0.6 is 0 Å². The Kier molecular flexibility index (Phi) is 3.56. The van der Waals surface area contributed by atoms with Gasteiger partial charge >= 0.3 is 0 Å². The molecule has 0 amide bonds. The quantitative estimate of drug-likeness (QED) is 0.596. The molecule has 0 atom stereocenters. The molecule has 0 aromatic rings. The third-order valence-corrected chi connectivity index (χ3v) is 2.06. The number of likely N-dealkylation sites (N-methyl/N-ethyl adjacent to an activating group) is 1. The minimum atomic E-state index is 0.898. The van der Waals surface area contributed by atoms with E-state index in [1.807, 2.05) is 6.08 Å². The zero-order chi connectivity index (χ0) is 9.68. The Balaban J connectivity index is 2.74. The number of rotatable bonds is 3. The number of nitrogens with zero attached hydrogens (tertiary/aromatic N) is 1. The van der Waals surface area contributed by atoms with Crippen LogP contribution < -0.4 is 0 Å². The molecule has 0 saturated heterocycles. The van der Waals surface area contributed by atoms with Gasteiger partial charge in [0.2, 0.25) is 0 Å². The minimum Gasteiger partial charge on any atom is -0.371 e. The first-order chi connectivity index (χ1) is 6.24. The van der Waals surface area contributed by atoms with Crippen molar-refractivity contribution < 1.29 is 0 Å². The largest absolute Gasteiger partial charge is 0.371 e. The van der Waals surface area contributed by atoms with Gasteiger partial charge in [-0.1, -0.05) is 24.3 Å². The van der Waals surface area contributed by atoms with Crippen LogP contribution in [0.1, 0.15) is 13.3 Å². The van der Waals surface area contributed by atoms with E-state index in [4.69, 9.17) is 0 Å². The maximum atomic E-state index is 3.73. The SMILES string of the molecule is C=CCN(C)C1=CCC=CC(C)=C1. The fourth-order valence-corrected chi connectivity index (χ4v) is 1.35. The molecule has 0 heterocycles. The van der Waals surface area contributed by atoms with Crippen molar-refractivity contribution in [2.45, 2.75) is 13.3 Å². The molecule has 0 saturated carbocycles. The first kappa shape index (κ1) is 9.85. The fraction of sp³-hybridized carbons (Fsp3) is 0.333. The first-order valence-electron chi connectivity index (χ1n) is 4.61. The predicted molar refractivity (Wildman–Crippen MR) is 58.4 cm³/mol. The van der Waals surface area contributed by atoms with Gasteiger partial charge in [0.15, 0.2) is 0 Å². The highest BCUT2D eigenvalue weighted by molar-refractivity contribution is 5.31. The van der Waals surface area contributed by atoms with Crippen LogP contribution in [0.2, 0.25) is 0 Å². The summed E-state index contributed by atoms with van der Waals surface area (Å²) in [5.41, 5.74) is 2.59. The van der Waals surface area contributed by atoms with Crippen molar-refractivity contribution in [3.05, 3.63) is 48.2 Å². The molecule has 0 unspecified atom stereocenters. The molecule has 0 aromatic carbocycles. The van der Waals surface area contributed by atoms with Crippen molar-refractivity contribution in [1.82, 2.24) is 4.90 Å². The summed E-state index contributed by atoms with van der Waals surface area (Å²) < 4.78 is 0. The smallest absolute Gasteiger partial charge is 0.0353 e. The van der Waals surface area contributed by atoms with Gasteiger partial charge in [-0.2, -0.15) is 0 Å². The van der Waals surface area contributed by atoms with Crippen LogP contribution in [0.3, 0.4) is 0 Å². The van der Waals surface area contributed by atoms with Crippen molar-refractivity contribution in [2.24, 2.45) is 0 Å². The van der Waals surface area contributed by atoms with Gasteiger partial charge in [-0.25, -0.2) is 0 Å². The molecule has 13 heavy (non-hydrogen) atoms. The van der Waals surface area contributed by atoms with Crippen molar-refractivity contribution in [3.8, 4) is 0 Å². The van der Waals surface area contributed by atoms with Crippen LogP contribution in [0, 0.1) is 0 Å². The Hall–Kier alpha value is -1.24. The topological polar surface area (TPSA) is 3.24 Å². The molecule has 1 rings (SSSR count). The molecule has 0 N–H and O–H groups in total. The van der Waals surface area contributed by atoms with E-state index in [1.165, 1.54) is 11.3 Å². The summed E-state index contributed by atoms with van der Waals surface area (Å²) in [6.45, 7) is 6.75. The average molecular weight is 175 g/mol. The summed E-state index contributed by atoms with van der Waals surface area (Å²) in [6, 6.07) is 0. The lowest BCUT2D eigenvalue weighted by Gasteiger charge is -2.18. The molecule has 0 bridgehead atoms. The molecule has 1 aliphatic rings. The fourth-order valence-electron chi connectivity index (χ4n) is 1.35. The zero-order valence-corrected chi connectivity index (χ0v) is 8.46. The number of hydrogen-bond acceptors (Lipinski definition) is 1. The normalized spacial score (nSPS) is 15.8. The van der Waals surface area contributed by atoms with Gasteiger partial charge in [-0.05, 0) is 25.0 Å². The number of allylic oxidation sites excluding steroid dienone is 5. The van der Waals surface area contributed by atoms with Crippen LogP contribution in [-0.2, 0) is 0 Å². The highest BCUT2D eigenvalue weighted by Gasteiger charge is 2.00. The highest BCUT2D eigenvalue weighted by atomic mass is 15.1. The average Bonchev–Trinajstić information content (AvgIpc) is 2.30. The second-order valence-electron chi connectivity index (χ2n) is 3.32. The van der Waals surface area contributed by atoms with Crippen LogP contribution in [-0.4, -0.2) is 18.5 Å². The van der Waals surface area contributed by atoms with E-state index in [9.17, 15) is 0 Å².